The number of rotatable bonds is 5. The highest BCUT2D eigenvalue weighted by Gasteiger charge is 2.53. The summed E-state index contributed by atoms with van der Waals surface area (Å²) in [6.45, 7) is 6.86. The number of halogens is 2. The van der Waals surface area contributed by atoms with Crippen LogP contribution >= 0.6 is 0 Å². The Labute approximate surface area is 152 Å². The maximum atomic E-state index is 14.8. The third-order valence-corrected chi connectivity index (χ3v) is 4.85. The van der Waals surface area contributed by atoms with E-state index in [1.165, 1.54) is 10.8 Å². The molecule has 1 fully saturated rings. The lowest BCUT2D eigenvalue weighted by molar-refractivity contribution is 0.00578. The summed E-state index contributed by atoms with van der Waals surface area (Å²) in [6, 6.07) is 5.29. The number of nitrogens with zero attached hydrogens (tertiary/aromatic N) is 3. The molecule has 2 aromatic rings. The Hall–Kier alpha value is -2.06. The quantitative estimate of drug-likeness (QED) is 0.759. The zero-order chi connectivity index (χ0) is 18.9. The van der Waals surface area contributed by atoms with Crippen LogP contribution in [0, 0.1) is 0 Å². The smallest absolute Gasteiger partial charge is 0.398 e. The van der Waals surface area contributed by atoms with Crippen molar-refractivity contribution < 1.29 is 18.1 Å². The first-order valence-electron chi connectivity index (χ1n) is 8.50. The van der Waals surface area contributed by atoms with Gasteiger partial charge in [-0.25, -0.2) is 8.78 Å². The van der Waals surface area contributed by atoms with Crippen molar-refractivity contribution in [3.8, 4) is 11.3 Å². The molecule has 0 saturated carbocycles. The second-order valence-corrected chi connectivity index (χ2v) is 7.22. The Morgan fingerprint density at radius 1 is 1.19 bits per heavy atom. The molecule has 1 saturated heterocycles. The summed E-state index contributed by atoms with van der Waals surface area (Å²) in [7, 11) is -1.10. The molecule has 3 rings (SSSR count). The van der Waals surface area contributed by atoms with E-state index in [1.54, 1.807) is 30.6 Å². The molecule has 0 amide bonds. The minimum Gasteiger partial charge on any atom is -0.398 e. The first kappa shape index (κ1) is 18.7. The predicted molar refractivity (Wildman–Crippen MR) is 96.6 cm³/mol. The summed E-state index contributed by atoms with van der Waals surface area (Å²) in [5, 5.41) is 4.36. The van der Waals surface area contributed by atoms with E-state index in [2.05, 4.69) is 10.1 Å². The van der Waals surface area contributed by atoms with E-state index in [9.17, 15) is 8.78 Å². The van der Waals surface area contributed by atoms with E-state index in [1.807, 2.05) is 27.7 Å². The molecule has 0 spiro atoms. The summed E-state index contributed by atoms with van der Waals surface area (Å²) in [4.78, 5) is 3.96. The Morgan fingerprint density at radius 2 is 1.81 bits per heavy atom. The van der Waals surface area contributed by atoms with E-state index >= 15 is 0 Å². The summed E-state index contributed by atoms with van der Waals surface area (Å²) < 4.78 is 40.5. The lowest BCUT2D eigenvalue weighted by Crippen LogP contribution is -2.41. The van der Waals surface area contributed by atoms with Gasteiger partial charge in [-0.3, -0.25) is 9.67 Å². The number of alkyl halides is 1. The first-order valence-corrected chi connectivity index (χ1v) is 8.50. The van der Waals surface area contributed by atoms with E-state index in [-0.39, 0.29) is 6.54 Å². The Balaban J connectivity index is 1.91. The maximum Gasteiger partial charge on any atom is 0.525 e. The average molecular weight is 361 g/mol. The van der Waals surface area contributed by atoms with E-state index in [4.69, 9.17) is 9.31 Å². The lowest BCUT2D eigenvalue weighted by Gasteiger charge is -2.32. The molecule has 5 nitrogen and oxygen atoms in total. The van der Waals surface area contributed by atoms with Gasteiger partial charge in [0.2, 0.25) is 0 Å². The van der Waals surface area contributed by atoms with Crippen LogP contribution in [0.25, 0.3) is 17.3 Å². The van der Waals surface area contributed by atoms with Crippen molar-refractivity contribution in [1.82, 2.24) is 14.8 Å². The molecule has 0 aliphatic carbocycles. The monoisotopic (exact) mass is 361 g/mol. The zero-order valence-corrected chi connectivity index (χ0v) is 15.4. The van der Waals surface area contributed by atoms with E-state index < -0.39 is 30.7 Å². The van der Waals surface area contributed by atoms with E-state index in [0.717, 1.165) is 5.56 Å². The van der Waals surface area contributed by atoms with Crippen LogP contribution < -0.4 is 0 Å². The molecule has 0 bridgehead atoms. The van der Waals surface area contributed by atoms with Crippen molar-refractivity contribution in [3.05, 3.63) is 42.0 Å². The van der Waals surface area contributed by atoms with Crippen molar-refractivity contribution in [3.63, 3.8) is 0 Å². The van der Waals surface area contributed by atoms with Crippen LogP contribution in [0.4, 0.5) is 8.78 Å². The van der Waals surface area contributed by atoms with Crippen LogP contribution in [0.15, 0.2) is 36.3 Å². The molecule has 0 atom stereocenters. The van der Waals surface area contributed by atoms with Crippen LogP contribution in [0.5, 0.6) is 0 Å². The Bertz CT molecular complexity index is 790. The highest BCUT2D eigenvalue weighted by Crippen LogP contribution is 2.39. The summed E-state index contributed by atoms with van der Waals surface area (Å²) in [6.07, 6.45) is 4.57. The predicted octanol–water partition coefficient (Wildman–Crippen LogP) is 3.86. The summed E-state index contributed by atoms with van der Waals surface area (Å²) in [5.74, 6) is 0. The molecular formula is C18H22BF2N3O2. The van der Waals surface area contributed by atoms with E-state index in [0.29, 0.717) is 11.4 Å². The lowest BCUT2D eigenvalue weighted by atomic mass is 9.87. The minimum absolute atomic E-state index is 0.0353. The minimum atomic E-state index is -1.10. The van der Waals surface area contributed by atoms with Gasteiger partial charge in [0, 0.05) is 18.0 Å². The SMILES string of the molecule is CC1(C)OB(C(F)=Cc2cc(-c3ccncc3)nn2CCF)OC1(C)C. The fourth-order valence-corrected chi connectivity index (χ4v) is 2.64. The molecule has 0 radical (unpaired) electrons. The molecule has 0 aromatic carbocycles. The van der Waals surface area contributed by atoms with Gasteiger partial charge in [-0.05, 0) is 52.0 Å². The maximum absolute atomic E-state index is 14.8. The fraction of sp³-hybridized carbons (Fsp3) is 0.444. The van der Waals surface area contributed by atoms with Gasteiger partial charge in [-0.2, -0.15) is 5.10 Å². The number of aromatic nitrogens is 3. The molecular weight excluding hydrogens is 339 g/mol. The molecule has 8 heteroatoms. The molecule has 26 heavy (non-hydrogen) atoms. The topological polar surface area (TPSA) is 49.2 Å². The number of pyridine rings is 1. The normalized spacial score (nSPS) is 19.2. The fourth-order valence-electron chi connectivity index (χ4n) is 2.64. The Kier molecular flexibility index (Phi) is 4.99. The van der Waals surface area contributed by atoms with Crippen LogP contribution in [0.2, 0.25) is 0 Å². The molecule has 1 aliphatic heterocycles. The molecule has 1 aliphatic rings. The number of aryl methyl sites for hydroxylation is 1. The van der Waals surface area contributed by atoms with Gasteiger partial charge in [-0.15, -0.1) is 0 Å². The van der Waals surface area contributed by atoms with Crippen molar-refractivity contribution in [2.75, 3.05) is 6.67 Å². The zero-order valence-electron chi connectivity index (χ0n) is 15.4. The van der Waals surface area contributed by atoms with Gasteiger partial charge in [0.25, 0.3) is 0 Å². The summed E-state index contributed by atoms with van der Waals surface area (Å²) >= 11 is 0. The van der Waals surface area contributed by atoms with Crippen molar-refractivity contribution in [2.45, 2.75) is 45.4 Å². The highest BCUT2D eigenvalue weighted by atomic mass is 19.1. The molecule has 0 unspecified atom stereocenters. The second-order valence-electron chi connectivity index (χ2n) is 7.22. The van der Waals surface area contributed by atoms with Gasteiger partial charge in [0.05, 0.1) is 29.1 Å². The molecule has 138 valence electrons. The van der Waals surface area contributed by atoms with Crippen LogP contribution in [0.3, 0.4) is 0 Å². The average Bonchev–Trinajstić information content (AvgIpc) is 3.07. The second kappa shape index (κ2) is 6.93. The van der Waals surface area contributed by atoms with Crippen LogP contribution in [-0.2, 0) is 15.9 Å². The van der Waals surface area contributed by atoms with Gasteiger partial charge >= 0.3 is 7.12 Å². The van der Waals surface area contributed by atoms with Gasteiger partial charge in [-0.1, -0.05) is 0 Å². The largest absolute Gasteiger partial charge is 0.525 e. The van der Waals surface area contributed by atoms with Gasteiger partial charge in [0.15, 0.2) is 0 Å². The highest BCUT2D eigenvalue weighted by molar-refractivity contribution is 6.54. The third-order valence-electron chi connectivity index (χ3n) is 4.85. The molecule has 2 aromatic heterocycles. The van der Waals surface area contributed by atoms with Gasteiger partial charge < -0.3 is 9.31 Å². The number of hydrogen-bond donors (Lipinski definition) is 0. The first-order chi connectivity index (χ1) is 12.2. The summed E-state index contributed by atoms with van der Waals surface area (Å²) in [5.41, 5.74) is 0.0396. The third kappa shape index (κ3) is 3.57. The van der Waals surface area contributed by atoms with Crippen LogP contribution in [-0.4, -0.2) is 39.8 Å². The van der Waals surface area contributed by atoms with Gasteiger partial charge in [0.1, 0.15) is 12.4 Å². The van der Waals surface area contributed by atoms with Crippen LogP contribution in [0.1, 0.15) is 33.4 Å². The standard InChI is InChI=1S/C18H22BF2N3O2/c1-17(2)18(3,4)26-19(25-17)16(21)12-14-11-15(23-24(14)10-7-20)13-5-8-22-9-6-13/h5-6,8-9,11-12H,7,10H2,1-4H3. The van der Waals surface area contributed by atoms with Crippen molar-refractivity contribution in [2.24, 2.45) is 0 Å². The molecule has 3 heterocycles. The Morgan fingerprint density at radius 3 is 2.38 bits per heavy atom. The number of hydrogen-bond acceptors (Lipinski definition) is 4. The van der Waals surface area contributed by atoms with Crippen molar-refractivity contribution >= 4 is 13.2 Å². The molecule has 0 N–H and O–H groups in total. The van der Waals surface area contributed by atoms with Crippen molar-refractivity contribution in [1.29, 1.82) is 0 Å².